The molecule has 0 fully saturated rings. The molecular weight excluding hydrogens is 240 g/mol. The summed E-state index contributed by atoms with van der Waals surface area (Å²) in [6.07, 6.45) is 16.0. The van der Waals surface area contributed by atoms with Gasteiger partial charge in [0.25, 0.3) is 0 Å². The Hall–Kier alpha value is -1.30. The molecule has 110 valence electrons. The average Bonchev–Trinajstić information content (AvgIpc) is 2.49. The Kier molecular flexibility index (Phi) is 8.78. The van der Waals surface area contributed by atoms with E-state index in [1.807, 2.05) is 12.2 Å². The molecule has 0 aromatic heterocycles. The second-order valence-electron chi connectivity index (χ2n) is 5.55. The van der Waals surface area contributed by atoms with E-state index in [1.54, 1.807) is 0 Å². The number of benzene rings is 1. The molecule has 0 heteroatoms. The van der Waals surface area contributed by atoms with E-state index in [0.29, 0.717) is 0 Å². The molecule has 0 aliphatic rings. The van der Waals surface area contributed by atoms with Crippen LogP contribution in [0.15, 0.2) is 31.4 Å². The Morgan fingerprint density at radius 1 is 0.850 bits per heavy atom. The zero-order valence-electron chi connectivity index (χ0n) is 13.2. The highest BCUT2D eigenvalue weighted by Crippen LogP contribution is 2.20. The van der Waals surface area contributed by atoms with Crippen molar-refractivity contribution in [3.63, 3.8) is 0 Å². The molecule has 1 aromatic rings. The second kappa shape index (κ2) is 10.5. The first-order valence-electron chi connectivity index (χ1n) is 8.20. The third-order valence-corrected chi connectivity index (χ3v) is 3.95. The van der Waals surface area contributed by atoms with Crippen LogP contribution in [0.5, 0.6) is 0 Å². The summed E-state index contributed by atoms with van der Waals surface area (Å²) in [4.78, 5) is 0. The van der Waals surface area contributed by atoms with Gasteiger partial charge >= 0.3 is 0 Å². The van der Waals surface area contributed by atoms with Gasteiger partial charge in [-0.1, -0.05) is 95.4 Å². The Bertz CT molecular complexity index is 400. The highest BCUT2D eigenvalue weighted by Gasteiger charge is 2.02. The van der Waals surface area contributed by atoms with Crippen molar-refractivity contribution >= 4 is 12.2 Å². The van der Waals surface area contributed by atoms with Crippen molar-refractivity contribution < 1.29 is 0 Å². The molecule has 0 radical (unpaired) electrons. The lowest BCUT2D eigenvalue weighted by atomic mass is 9.96. The maximum absolute atomic E-state index is 3.94. The molecule has 0 N–H and O–H groups in total. The summed E-state index contributed by atoms with van der Waals surface area (Å²) in [5.74, 6) is 0. The Morgan fingerprint density at radius 2 is 1.50 bits per heavy atom. The van der Waals surface area contributed by atoms with E-state index in [-0.39, 0.29) is 0 Å². The molecule has 0 atom stereocenters. The number of hydrogen-bond acceptors (Lipinski definition) is 0. The lowest BCUT2D eigenvalue weighted by Gasteiger charge is -2.09. The fourth-order valence-electron chi connectivity index (χ4n) is 2.73. The van der Waals surface area contributed by atoms with Gasteiger partial charge in [-0.15, -0.1) is 0 Å². The van der Waals surface area contributed by atoms with Crippen LogP contribution >= 0.6 is 0 Å². The van der Waals surface area contributed by atoms with Gasteiger partial charge < -0.3 is 0 Å². The fraction of sp³-hybridized carbons (Fsp3) is 0.500. The molecule has 0 bridgehead atoms. The maximum Gasteiger partial charge on any atom is -0.0158 e. The SMILES string of the molecule is C=Cc1cccc(CCCCCCCCCC)c1C=C. The minimum atomic E-state index is 1.16. The summed E-state index contributed by atoms with van der Waals surface area (Å²) in [6, 6.07) is 6.47. The second-order valence-corrected chi connectivity index (χ2v) is 5.55. The summed E-state index contributed by atoms with van der Waals surface area (Å²) >= 11 is 0. The van der Waals surface area contributed by atoms with Gasteiger partial charge in [0.2, 0.25) is 0 Å². The van der Waals surface area contributed by atoms with Gasteiger partial charge in [-0.2, -0.15) is 0 Å². The lowest BCUT2D eigenvalue weighted by molar-refractivity contribution is 0.575. The summed E-state index contributed by atoms with van der Waals surface area (Å²) in [6.45, 7) is 10.1. The van der Waals surface area contributed by atoms with Crippen LogP contribution in [-0.4, -0.2) is 0 Å². The van der Waals surface area contributed by atoms with E-state index in [9.17, 15) is 0 Å². The Labute approximate surface area is 125 Å². The molecule has 0 heterocycles. The molecule has 0 spiro atoms. The summed E-state index contributed by atoms with van der Waals surface area (Å²) in [5, 5.41) is 0. The van der Waals surface area contributed by atoms with Crippen LogP contribution in [0.4, 0.5) is 0 Å². The van der Waals surface area contributed by atoms with E-state index < -0.39 is 0 Å². The smallest absolute Gasteiger partial charge is 0.0158 e. The van der Waals surface area contributed by atoms with E-state index >= 15 is 0 Å². The van der Waals surface area contributed by atoms with Crippen molar-refractivity contribution in [2.75, 3.05) is 0 Å². The van der Waals surface area contributed by atoms with Crippen molar-refractivity contribution in [2.24, 2.45) is 0 Å². The summed E-state index contributed by atoms with van der Waals surface area (Å²) in [5.41, 5.74) is 3.89. The molecule has 0 unspecified atom stereocenters. The van der Waals surface area contributed by atoms with E-state index in [2.05, 4.69) is 38.3 Å². The number of aryl methyl sites for hydroxylation is 1. The first-order chi connectivity index (χ1) is 9.83. The monoisotopic (exact) mass is 270 g/mol. The molecular formula is C20H30. The van der Waals surface area contributed by atoms with Gasteiger partial charge in [-0.05, 0) is 29.5 Å². The largest absolute Gasteiger partial charge is 0.0984 e. The predicted molar refractivity (Wildman–Crippen MR) is 92.9 cm³/mol. The number of unbranched alkanes of at least 4 members (excludes halogenated alkanes) is 7. The number of hydrogen-bond donors (Lipinski definition) is 0. The summed E-state index contributed by atoms with van der Waals surface area (Å²) < 4.78 is 0. The third-order valence-electron chi connectivity index (χ3n) is 3.95. The van der Waals surface area contributed by atoms with Crippen LogP contribution in [0.2, 0.25) is 0 Å². The van der Waals surface area contributed by atoms with Gasteiger partial charge in [0, 0.05) is 0 Å². The van der Waals surface area contributed by atoms with Crippen molar-refractivity contribution in [3.05, 3.63) is 48.0 Å². The van der Waals surface area contributed by atoms with Crippen LogP contribution in [0.25, 0.3) is 12.2 Å². The van der Waals surface area contributed by atoms with Gasteiger partial charge in [0.05, 0.1) is 0 Å². The standard InChI is InChI=1S/C20H30/c1-4-7-8-9-10-11-12-13-15-19-17-14-16-18(5-2)20(19)6-3/h5-6,14,16-17H,2-4,7-13,15H2,1H3. The molecule has 0 aliphatic heterocycles. The molecule has 1 rings (SSSR count). The van der Waals surface area contributed by atoms with Gasteiger partial charge in [0.1, 0.15) is 0 Å². The van der Waals surface area contributed by atoms with Crippen LogP contribution in [0, 0.1) is 0 Å². The molecule has 20 heavy (non-hydrogen) atoms. The lowest BCUT2D eigenvalue weighted by Crippen LogP contribution is -1.93. The predicted octanol–water partition coefficient (Wildman–Crippen LogP) is 6.66. The Morgan fingerprint density at radius 3 is 2.10 bits per heavy atom. The van der Waals surface area contributed by atoms with Crippen LogP contribution in [0.3, 0.4) is 0 Å². The summed E-state index contributed by atoms with van der Waals surface area (Å²) in [7, 11) is 0. The number of rotatable bonds is 11. The molecule has 0 saturated heterocycles. The van der Waals surface area contributed by atoms with Crippen LogP contribution in [-0.2, 0) is 6.42 Å². The highest BCUT2D eigenvalue weighted by atomic mass is 14.1. The average molecular weight is 270 g/mol. The van der Waals surface area contributed by atoms with Gasteiger partial charge in [-0.3, -0.25) is 0 Å². The highest BCUT2D eigenvalue weighted by molar-refractivity contribution is 5.66. The molecule has 0 nitrogen and oxygen atoms in total. The van der Waals surface area contributed by atoms with E-state index in [0.717, 1.165) is 6.42 Å². The normalized spacial score (nSPS) is 10.4. The van der Waals surface area contributed by atoms with E-state index in [4.69, 9.17) is 0 Å². The molecule has 0 amide bonds. The molecule has 1 aromatic carbocycles. The third kappa shape index (κ3) is 5.77. The van der Waals surface area contributed by atoms with Crippen molar-refractivity contribution in [3.8, 4) is 0 Å². The van der Waals surface area contributed by atoms with Crippen molar-refractivity contribution in [2.45, 2.75) is 64.7 Å². The first-order valence-corrected chi connectivity index (χ1v) is 8.20. The molecule has 0 saturated carbocycles. The topological polar surface area (TPSA) is 0 Å². The zero-order valence-corrected chi connectivity index (χ0v) is 13.2. The van der Waals surface area contributed by atoms with Gasteiger partial charge in [-0.25, -0.2) is 0 Å². The van der Waals surface area contributed by atoms with Crippen molar-refractivity contribution in [1.29, 1.82) is 0 Å². The van der Waals surface area contributed by atoms with Gasteiger partial charge in [0.15, 0.2) is 0 Å². The van der Waals surface area contributed by atoms with Crippen molar-refractivity contribution in [1.82, 2.24) is 0 Å². The van der Waals surface area contributed by atoms with E-state index in [1.165, 1.54) is 68.1 Å². The molecule has 0 aliphatic carbocycles. The first kappa shape index (κ1) is 16.8. The van der Waals surface area contributed by atoms with Crippen LogP contribution < -0.4 is 0 Å². The zero-order chi connectivity index (χ0) is 14.6. The minimum absolute atomic E-state index is 1.16. The van der Waals surface area contributed by atoms with Crippen LogP contribution in [0.1, 0.15) is 75.0 Å². The quantitative estimate of drug-likeness (QED) is 0.395. The maximum atomic E-state index is 3.94. The minimum Gasteiger partial charge on any atom is -0.0984 e. The Balaban J connectivity index is 2.28. The fourth-order valence-corrected chi connectivity index (χ4v) is 2.73.